The second-order valence-corrected chi connectivity index (χ2v) is 9.36. The normalized spacial score (nSPS) is 12.9. The number of rotatable bonds is 19. The monoisotopic (exact) mass is 407 g/mol. The van der Waals surface area contributed by atoms with Gasteiger partial charge in [0.05, 0.1) is 6.61 Å². The van der Waals surface area contributed by atoms with E-state index in [1.165, 1.54) is 77.0 Å². The van der Waals surface area contributed by atoms with Gasteiger partial charge in [-0.15, -0.1) is 0 Å². The molecule has 7 heteroatoms. The van der Waals surface area contributed by atoms with Gasteiger partial charge in [-0.05, 0) is 6.42 Å². The molecule has 1 atom stereocenters. The third-order valence-corrected chi connectivity index (χ3v) is 6.02. The molecule has 27 heavy (non-hydrogen) atoms. The third kappa shape index (κ3) is 17.4. The number of hydrogen-bond acceptors (Lipinski definition) is 3. The lowest BCUT2D eigenvalue weighted by Crippen LogP contribution is -2.37. The first-order chi connectivity index (χ1) is 12.9. The zero-order chi connectivity index (χ0) is 20.4. The van der Waals surface area contributed by atoms with Gasteiger partial charge in [0.15, 0.2) is 5.78 Å². The van der Waals surface area contributed by atoms with Crippen LogP contribution < -0.4 is 5.32 Å². The molecular formula is C20H42NO5P. The van der Waals surface area contributed by atoms with Crippen LogP contribution in [-0.4, -0.2) is 33.2 Å². The fraction of sp³-hybridized carbons (Fsp3) is 0.950. The molecule has 0 aromatic carbocycles. The second kappa shape index (κ2) is 17.7. The van der Waals surface area contributed by atoms with E-state index in [-0.39, 0.29) is 6.42 Å². The highest BCUT2D eigenvalue weighted by atomic mass is 31.2. The standard InChI is InChI=1S/C20H42NO5P/c1-2-3-4-5-6-7-8-9-10-11-12-13-14-15-16-17-19(23)21-20(18-22)27(24,25)26/h20,22H,2-18H2,1H3,(H,21,23)(H2,24,25,26). The summed E-state index contributed by atoms with van der Waals surface area (Å²) in [6, 6.07) is 0. The molecule has 4 N–H and O–H groups in total. The lowest BCUT2D eigenvalue weighted by atomic mass is 10.0. The summed E-state index contributed by atoms with van der Waals surface area (Å²) in [5, 5.41) is 11.1. The van der Waals surface area contributed by atoms with Crippen molar-refractivity contribution in [2.45, 2.75) is 115 Å². The fourth-order valence-corrected chi connectivity index (χ4v) is 3.68. The van der Waals surface area contributed by atoms with E-state index >= 15 is 0 Å². The van der Waals surface area contributed by atoms with E-state index in [9.17, 15) is 9.36 Å². The van der Waals surface area contributed by atoms with Crippen molar-refractivity contribution < 1.29 is 24.3 Å². The van der Waals surface area contributed by atoms with Gasteiger partial charge in [-0.2, -0.15) is 0 Å². The van der Waals surface area contributed by atoms with Crippen molar-refractivity contribution in [1.29, 1.82) is 0 Å². The maximum atomic E-state index is 11.6. The van der Waals surface area contributed by atoms with Crippen LogP contribution in [0.4, 0.5) is 0 Å². The molecule has 1 unspecified atom stereocenters. The third-order valence-electron chi connectivity index (χ3n) is 4.91. The van der Waals surface area contributed by atoms with Crippen molar-refractivity contribution >= 4 is 13.5 Å². The van der Waals surface area contributed by atoms with Crippen molar-refractivity contribution in [3.8, 4) is 0 Å². The Morgan fingerprint density at radius 3 is 1.48 bits per heavy atom. The van der Waals surface area contributed by atoms with Gasteiger partial charge in [0.2, 0.25) is 5.91 Å². The van der Waals surface area contributed by atoms with Crippen LogP contribution in [0.25, 0.3) is 0 Å². The maximum Gasteiger partial charge on any atom is 0.350 e. The number of hydrogen-bond donors (Lipinski definition) is 4. The number of aliphatic hydroxyl groups is 1. The first-order valence-electron chi connectivity index (χ1n) is 10.9. The average Bonchev–Trinajstić information content (AvgIpc) is 2.62. The summed E-state index contributed by atoms with van der Waals surface area (Å²) >= 11 is 0. The highest BCUT2D eigenvalue weighted by Gasteiger charge is 2.29. The van der Waals surface area contributed by atoms with Gasteiger partial charge in [0.25, 0.3) is 0 Å². The molecule has 0 heterocycles. The van der Waals surface area contributed by atoms with E-state index < -0.39 is 25.9 Å². The van der Waals surface area contributed by atoms with Crippen molar-refractivity contribution in [2.75, 3.05) is 6.61 Å². The summed E-state index contributed by atoms with van der Waals surface area (Å²) in [7, 11) is -4.49. The minimum Gasteiger partial charge on any atom is -0.394 e. The highest BCUT2D eigenvalue weighted by molar-refractivity contribution is 7.52. The Morgan fingerprint density at radius 1 is 0.778 bits per heavy atom. The summed E-state index contributed by atoms with van der Waals surface area (Å²) in [6.45, 7) is 1.49. The number of nitrogens with one attached hydrogen (secondary N) is 1. The van der Waals surface area contributed by atoms with E-state index in [1.807, 2.05) is 0 Å². The maximum absolute atomic E-state index is 11.6. The van der Waals surface area contributed by atoms with Gasteiger partial charge in [0, 0.05) is 6.42 Å². The number of aliphatic hydroxyl groups excluding tert-OH is 1. The molecule has 0 spiro atoms. The van der Waals surface area contributed by atoms with E-state index in [0.29, 0.717) is 6.42 Å². The van der Waals surface area contributed by atoms with E-state index in [2.05, 4.69) is 12.2 Å². The quantitative estimate of drug-likeness (QED) is 0.181. The predicted octanol–water partition coefficient (Wildman–Crippen LogP) is 4.86. The molecule has 0 rings (SSSR count). The Balaban J connectivity index is 3.35. The Kier molecular flexibility index (Phi) is 17.4. The van der Waals surface area contributed by atoms with Crippen molar-refractivity contribution in [2.24, 2.45) is 0 Å². The summed E-state index contributed by atoms with van der Waals surface area (Å²) in [4.78, 5) is 29.6. The van der Waals surface area contributed by atoms with Gasteiger partial charge in [-0.25, -0.2) is 0 Å². The van der Waals surface area contributed by atoms with Crippen LogP contribution in [0.5, 0.6) is 0 Å². The Labute approximate surface area is 165 Å². The highest BCUT2D eigenvalue weighted by Crippen LogP contribution is 2.39. The summed E-state index contributed by atoms with van der Waals surface area (Å²) in [6.07, 6.45) is 19.0. The molecule has 0 saturated heterocycles. The van der Waals surface area contributed by atoms with Gasteiger partial charge >= 0.3 is 7.60 Å². The van der Waals surface area contributed by atoms with Crippen LogP contribution in [0.1, 0.15) is 110 Å². The smallest absolute Gasteiger partial charge is 0.350 e. The first-order valence-corrected chi connectivity index (χ1v) is 12.6. The van der Waals surface area contributed by atoms with E-state index in [0.717, 1.165) is 12.8 Å². The largest absolute Gasteiger partial charge is 0.394 e. The summed E-state index contributed by atoms with van der Waals surface area (Å²) < 4.78 is 11.0. The van der Waals surface area contributed by atoms with Crippen molar-refractivity contribution in [1.82, 2.24) is 5.32 Å². The van der Waals surface area contributed by atoms with Gasteiger partial charge in [-0.3, -0.25) is 9.36 Å². The van der Waals surface area contributed by atoms with Crippen molar-refractivity contribution in [3.63, 3.8) is 0 Å². The van der Waals surface area contributed by atoms with Crippen LogP contribution in [0.15, 0.2) is 0 Å². The van der Waals surface area contributed by atoms with E-state index in [4.69, 9.17) is 14.9 Å². The van der Waals surface area contributed by atoms with E-state index in [1.54, 1.807) is 0 Å². The topological polar surface area (TPSA) is 107 Å². The first kappa shape index (κ1) is 26.6. The lowest BCUT2D eigenvalue weighted by molar-refractivity contribution is -0.121. The Bertz CT molecular complexity index is 400. The van der Waals surface area contributed by atoms with Crippen LogP contribution >= 0.6 is 7.60 Å². The second-order valence-electron chi connectivity index (χ2n) is 7.55. The zero-order valence-corrected chi connectivity index (χ0v) is 18.1. The molecule has 0 aromatic heterocycles. The number of amides is 1. The summed E-state index contributed by atoms with van der Waals surface area (Å²) in [5.41, 5.74) is 0. The molecule has 1 amide bonds. The SMILES string of the molecule is CCCCCCCCCCCCCCCCCC(=O)NC(CO)P(=O)(O)O. The van der Waals surface area contributed by atoms with Crippen LogP contribution in [-0.2, 0) is 9.36 Å². The number of carbonyl (C=O) groups excluding carboxylic acids is 1. The zero-order valence-electron chi connectivity index (χ0n) is 17.2. The van der Waals surface area contributed by atoms with Crippen LogP contribution in [0.2, 0.25) is 0 Å². The van der Waals surface area contributed by atoms with Gasteiger partial charge in [-0.1, -0.05) is 96.8 Å². The molecule has 0 aliphatic carbocycles. The number of carbonyl (C=O) groups is 1. The lowest BCUT2D eigenvalue weighted by Gasteiger charge is -2.17. The molecule has 0 saturated carbocycles. The Morgan fingerprint density at radius 2 is 1.15 bits per heavy atom. The fourth-order valence-electron chi connectivity index (χ4n) is 3.15. The molecule has 0 aliphatic rings. The molecule has 0 fully saturated rings. The van der Waals surface area contributed by atoms with Crippen molar-refractivity contribution in [3.05, 3.63) is 0 Å². The molecule has 0 aromatic rings. The minimum absolute atomic E-state index is 0.245. The van der Waals surface area contributed by atoms with Gasteiger partial charge < -0.3 is 20.2 Å². The predicted molar refractivity (Wildman–Crippen MR) is 111 cm³/mol. The molecule has 0 bridgehead atoms. The minimum atomic E-state index is -4.49. The molecule has 0 aliphatic heterocycles. The average molecular weight is 408 g/mol. The Hall–Kier alpha value is -0.420. The number of unbranched alkanes of at least 4 members (excludes halogenated alkanes) is 14. The molecule has 162 valence electrons. The van der Waals surface area contributed by atoms with Gasteiger partial charge in [0.1, 0.15) is 0 Å². The van der Waals surface area contributed by atoms with Crippen LogP contribution in [0.3, 0.4) is 0 Å². The summed E-state index contributed by atoms with van der Waals surface area (Å²) in [5.74, 6) is -1.89. The van der Waals surface area contributed by atoms with Crippen LogP contribution in [0, 0.1) is 0 Å². The molecular weight excluding hydrogens is 365 g/mol. The molecule has 6 nitrogen and oxygen atoms in total. The molecule has 0 radical (unpaired) electrons.